The Morgan fingerprint density at radius 2 is 0.889 bits per heavy atom. The van der Waals surface area contributed by atoms with Crippen molar-refractivity contribution in [2.75, 3.05) is 0 Å². The highest BCUT2D eigenvalue weighted by molar-refractivity contribution is 6.52. The minimum Gasteiger partial charge on any atom is -0.289 e. The van der Waals surface area contributed by atoms with E-state index in [0.29, 0.717) is 0 Å². The SMILES string of the molecule is O=C1C2=C(c3ccccc3)C1=C2c1ccccc1. The molecular weight excluding hydrogens is 220 g/mol. The molecule has 5 rings (SSSR count). The number of allylic oxidation sites excluding steroid dienone is 4. The second kappa shape index (κ2) is 3.30. The van der Waals surface area contributed by atoms with Crippen LogP contribution in [0.5, 0.6) is 0 Å². The highest BCUT2D eigenvalue weighted by Gasteiger charge is 2.49. The largest absolute Gasteiger partial charge is 0.289 e. The van der Waals surface area contributed by atoms with Crippen molar-refractivity contribution < 1.29 is 4.79 Å². The summed E-state index contributed by atoms with van der Waals surface area (Å²) in [4.78, 5) is 11.7. The van der Waals surface area contributed by atoms with Gasteiger partial charge in [0.15, 0.2) is 5.78 Å². The van der Waals surface area contributed by atoms with Gasteiger partial charge in [0.1, 0.15) is 0 Å². The maximum Gasteiger partial charge on any atom is 0.195 e. The molecule has 84 valence electrons. The van der Waals surface area contributed by atoms with Crippen LogP contribution in [-0.4, -0.2) is 5.78 Å². The highest BCUT2D eigenvalue weighted by Crippen LogP contribution is 2.58. The Hall–Kier alpha value is -2.41. The first kappa shape index (κ1) is 9.60. The van der Waals surface area contributed by atoms with Crippen molar-refractivity contribution >= 4 is 16.9 Å². The van der Waals surface area contributed by atoms with Crippen LogP contribution in [0.2, 0.25) is 0 Å². The van der Waals surface area contributed by atoms with Crippen molar-refractivity contribution in [3.05, 3.63) is 82.9 Å². The van der Waals surface area contributed by atoms with Crippen LogP contribution in [0.4, 0.5) is 0 Å². The van der Waals surface area contributed by atoms with Gasteiger partial charge < -0.3 is 0 Å². The van der Waals surface area contributed by atoms with Crippen molar-refractivity contribution in [2.24, 2.45) is 0 Å². The Labute approximate surface area is 105 Å². The molecule has 0 aliphatic heterocycles. The van der Waals surface area contributed by atoms with Crippen molar-refractivity contribution in [2.45, 2.75) is 0 Å². The molecule has 1 nitrogen and oxygen atoms in total. The van der Waals surface area contributed by atoms with Crippen LogP contribution in [-0.2, 0) is 4.79 Å². The molecule has 0 radical (unpaired) electrons. The standard InChI is InChI=1S/C17H10O/c18-17-15-13(11-7-3-1-4-8-11)16(17)14(15)12-9-5-2-6-10-12/h1-10H. The summed E-state index contributed by atoms with van der Waals surface area (Å²) in [7, 11) is 0. The molecular formula is C17H10O. The van der Waals surface area contributed by atoms with Gasteiger partial charge in [-0.1, -0.05) is 60.7 Å². The van der Waals surface area contributed by atoms with Crippen LogP contribution in [0.15, 0.2) is 71.8 Å². The van der Waals surface area contributed by atoms with Gasteiger partial charge in [0, 0.05) is 22.3 Å². The van der Waals surface area contributed by atoms with Crippen molar-refractivity contribution in [3.63, 3.8) is 0 Å². The molecule has 2 aromatic carbocycles. The Morgan fingerprint density at radius 3 is 1.22 bits per heavy atom. The molecule has 0 N–H and O–H groups in total. The predicted octanol–water partition coefficient (Wildman–Crippen LogP) is 3.49. The molecule has 0 fully saturated rings. The van der Waals surface area contributed by atoms with Crippen LogP contribution in [0.3, 0.4) is 0 Å². The van der Waals surface area contributed by atoms with Crippen LogP contribution < -0.4 is 0 Å². The second-order valence-corrected chi connectivity index (χ2v) is 4.56. The van der Waals surface area contributed by atoms with E-state index in [4.69, 9.17) is 0 Å². The van der Waals surface area contributed by atoms with Gasteiger partial charge in [-0.25, -0.2) is 0 Å². The minimum atomic E-state index is 0.229. The van der Waals surface area contributed by atoms with E-state index < -0.39 is 0 Å². The van der Waals surface area contributed by atoms with E-state index in [1.165, 1.54) is 0 Å². The lowest BCUT2D eigenvalue weighted by atomic mass is 9.59. The quantitative estimate of drug-likeness (QED) is 0.771. The number of hydrogen-bond acceptors (Lipinski definition) is 1. The Kier molecular flexibility index (Phi) is 1.76. The number of carbonyl (C=O) groups is 1. The number of carbonyl (C=O) groups excluding carboxylic acids is 1. The molecule has 2 bridgehead atoms. The average Bonchev–Trinajstić information content (AvgIpc) is 2.38. The average molecular weight is 230 g/mol. The van der Waals surface area contributed by atoms with Gasteiger partial charge in [0.2, 0.25) is 0 Å². The molecule has 3 aliphatic carbocycles. The molecule has 2 aromatic rings. The zero-order chi connectivity index (χ0) is 12.1. The van der Waals surface area contributed by atoms with E-state index in [-0.39, 0.29) is 5.78 Å². The topological polar surface area (TPSA) is 17.1 Å². The smallest absolute Gasteiger partial charge is 0.195 e. The number of rotatable bonds is 2. The van der Waals surface area contributed by atoms with Crippen LogP contribution in [0, 0.1) is 0 Å². The van der Waals surface area contributed by atoms with E-state index >= 15 is 0 Å². The normalized spacial score (nSPS) is 16.6. The van der Waals surface area contributed by atoms with Gasteiger partial charge in [-0.3, -0.25) is 4.79 Å². The summed E-state index contributed by atoms with van der Waals surface area (Å²) >= 11 is 0. The monoisotopic (exact) mass is 230 g/mol. The lowest BCUT2D eigenvalue weighted by molar-refractivity contribution is -0.113. The van der Waals surface area contributed by atoms with E-state index in [2.05, 4.69) is 24.3 Å². The molecule has 0 heterocycles. The summed E-state index contributed by atoms with van der Waals surface area (Å²) in [5.74, 6) is 0.229. The zero-order valence-electron chi connectivity index (χ0n) is 9.68. The van der Waals surface area contributed by atoms with E-state index in [1.807, 2.05) is 36.4 Å². The number of benzene rings is 2. The van der Waals surface area contributed by atoms with Crippen molar-refractivity contribution in [3.8, 4) is 0 Å². The predicted molar refractivity (Wildman–Crippen MR) is 71.7 cm³/mol. The molecule has 3 aliphatic rings. The molecule has 0 saturated carbocycles. The fraction of sp³-hybridized carbons (Fsp3) is 0. The molecule has 0 amide bonds. The van der Waals surface area contributed by atoms with E-state index in [9.17, 15) is 4.79 Å². The fourth-order valence-corrected chi connectivity index (χ4v) is 2.68. The molecule has 0 aromatic heterocycles. The molecule has 0 spiro atoms. The van der Waals surface area contributed by atoms with Crippen LogP contribution >= 0.6 is 0 Å². The number of ketones is 1. The number of hydrogen-bond donors (Lipinski definition) is 0. The highest BCUT2D eigenvalue weighted by atomic mass is 16.1. The van der Waals surface area contributed by atoms with Gasteiger partial charge in [0.05, 0.1) is 0 Å². The third-order valence-electron chi connectivity index (χ3n) is 3.58. The fourth-order valence-electron chi connectivity index (χ4n) is 2.68. The zero-order valence-corrected chi connectivity index (χ0v) is 9.68. The summed E-state index contributed by atoms with van der Waals surface area (Å²) < 4.78 is 0. The lowest BCUT2D eigenvalue weighted by Crippen LogP contribution is -2.34. The maximum absolute atomic E-state index is 11.7. The molecule has 0 unspecified atom stereocenters. The van der Waals surface area contributed by atoms with Gasteiger partial charge in [-0.2, -0.15) is 0 Å². The maximum atomic E-state index is 11.7. The van der Waals surface area contributed by atoms with E-state index in [1.54, 1.807) is 0 Å². The minimum absolute atomic E-state index is 0.229. The molecule has 1 heteroatoms. The summed E-state index contributed by atoms with van der Waals surface area (Å²) in [6.07, 6.45) is 0. The van der Waals surface area contributed by atoms with Gasteiger partial charge >= 0.3 is 0 Å². The molecule has 0 atom stereocenters. The summed E-state index contributed by atoms with van der Waals surface area (Å²) in [5, 5.41) is 0. The third-order valence-corrected chi connectivity index (χ3v) is 3.58. The van der Waals surface area contributed by atoms with Crippen LogP contribution in [0.25, 0.3) is 11.1 Å². The van der Waals surface area contributed by atoms with Gasteiger partial charge in [0.25, 0.3) is 0 Å². The second-order valence-electron chi connectivity index (χ2n) is 4.56. The number of Topliss-reactive ketones (excluding diaryl/α,β-unsaturated/α-hetero) is 1. The lowest BCUT2D eigenvalue weighted by Gasteiger charge is -2.40. The van der Waals surface area contributed by atoms with E-state index in [0.717, 1.165) is 33.4 Å². The summed E-state index contributed by atoms with van der Waals surface area (Å²) in [5.41, 5.74) is 6.45. The third kappa shape index (κ3) is 1.04. The molecule has 18 heavy (non-hydrogen) atoms. The first-order chi connectivity index (χ1) is 8.88. The summed E-state index contributed by atoms with van der Waals surface area (Å²) in [6, 6.07) is 20.3. The van der Waals surface area contributed by atoms with Crippen molar-refractivity contribution in [1.82, 2.24) is 0 Å². The first-order valence-electron chi connectivity index (χ1n) is 6.03. The Morgan fingerprint density at radius 1 is 0.500 bits per heavy atom. The Balaban J connectivity index is 1.80. The Bertz CT molecular complexity index is 644. The first-order valence-corrected chi connectivity index (χ1v) is 6.03. The summed E-state index contributed by atoms with van der Waals surface area (Å²) in [6.45, 7) is 0. The van der Waals surface area contributed by atoms with Gasteiger partial charge in [-0.15, -0.1) is 0 Å². The van der Waals surface area contributed by atoms with Crippen LogP contribution in [0.1, 0.15) is 11.1 Å². The van der Waals surface area contributed by atoms with Gasteiger partial charge in [-0.05, 0) is 11.1 Å². The molecule has 0 saturated heterocycles. The van der Waals surface area contributed by atoms with Crippen molar-refractivity contribution in [1.29, 1.82) is 0 Å².